The lowest BCUT2D eigenvalue weighted by Gasteiger charge is -2.69. The van der Waals surface area contributed by atoms with Gasteiger partial charge in [-0.15, -0.1) is 0 Å². The van der Waals surface area contributed by atoms with Crippen LogP contribution in [0, 0.1) is 5.41 Å². The van der Waals surface area contributed by atoms with Gasteiger partial charge in [-0.2, -0.15) is 0 Å². The van der Waals surface area contributed by atoms with Crippen molar-refractivity contribution >= 4 is 18.2 Å². The van der Waals surface area contributed by atoms with E-state index in [1.54, 1.807) is 41.5 Å². The number of rotatable bonds is 2. The largest absolute Gasteiger partial charge is 0.481 e. The fourth-order valence-electron chi connectivity index (χ4n) is 3.28. The van der Waals surface area contributed by atoms with E-state index in [1.807, 2.05) is 0 Å². The molecular weight excluding hydrogens is 302 g/mol. The first-order valence-electron chi connectivity index (χ1n) is 7.69. The summed E-state index contributed by atoms with van der Waals surface area (Å²) in [4.78, 5) is 37.2. The van der Waals surface area contributed by atoms with Crippen molar-refractivity contribution in [3.63, 3.8) is 0 Å². The van der Waals surface area contributed by atoms with Gasteiger partial charge in [0.15, 0.2) is 0 Å². The number of carboxylic acid groups (broad SMARTS) is 1. The van der Waals surface area contributed by atoms with Gasteiger partial charge in [-0.3, -0.25) is 4.79 Å². The van der Waals surface area contributed by atoms with Crippen molar-refractivity contribution in [1.82, 2.24) is 4.90 Å². The lowest BCUT2D eigenvalue weighted by molar-refractivity contribution is -0.221. The molecule has 0 radical (unpaired) electrons. The molecule has 0 aromatic rings. The Morgan fingerprint density at radius 3 is 1.48 bits per heavy atom. The average Bonchev–Trinajstić information content (AvgIpc) is 2.13. The topological polar surface area (TPSA) is 93.1 Å². The number of hydrogen-bond donors (Lipinski definition) is 1. The predicted octanol–water partition coefficient (Wildman–Crippen LogP) is 3.17. The van der Waals surface area contributed by atoms with Gasteiger partial charge in [0.25, 0.3) is 0 Å². The molecule has 0 aromatic heterocycles. The van der Waals surface area contributed by atoms with Crippen molar-refractivity contribution in [2.24, 2.45) is 5.41 Å². The summed E-state index contributed by atoms with van der Waals surface area (Å²) in [5, 5.41) is 9.23. The molecule has 3 fully saturated rings. The van der Waals surface area contributed by atoms with E-state index in [9.17, 15) is 19.5 Å². The van der Waals surface area contributed by atoms with Gasteiger partial charge in [-0.05, 0) is 60.8 Å². The summed E-state index contributed by atoms with van der Waals surface area (Å²) >= 11 is 0. The highest BCUT2D eigenvalue weighted by Gasteiger charge is 2.77. The van der Waals surface area contributed by atoms with Crippen molar-refractivity contribution in [1.29, 1.82) is 0 Å². The first-order chi connectivity index (χ1) is 10.2. The van der Waals surface area contributed by atoms with Crippen LogP contribution in [0.25, 0.3) is 0 Å². The standard InChI is InChI=1S/C16H25NO6/c1-13(2,3)22-11(20)17(12(21)23-14(4,5)6)16-7-15(8-16,9-16)10(18)19/h7-9H2,1-6H3,(H,18,19). The minimum Gasteiger partial charge on any atom is -0.481 e. The zero-order valence-corrected chi connectivity index (χ0v) is 14.6. The van der Waals surface area contributed by atoms with Gasteiger partial charge >= 0.3 is 18.2 Å². The summed E-state index contributed by atoms with van der Waals surface area (Å²) in [5.74, 6) is -0.882. The molecule has 0 aliphatic heterocycles. The third-order valence-corrected chi connectivity index (χ3v) is 4.08. The Labute approximate surface area is 135 Å². The van der Waals surface area contributed by atoms with Crippen LogP contribution >= 0.6 is 0 Å². The molecule has 7 nitrogen and oxygen atoms in total. The molecule has 23 heavy (non-hydrogen) atoms. The summed E-state index contributed by atoms with van der Waals surface area (Å²) in [7, 11) is 0. The lowest BCUT2D eigenvalue weighted by atomic mass is 9.39. The van der Waals surface area contributed by atoms with Crippen LogP contribution in [0.2, 0.25) is 0 Å². The molecule has 130 valence electrons. The Morgan fingerprint density at radius 2 is 1.22 bits per heavy atom. The summed E-state index contributed by atoms with van der Waals surface area (Å²) < 4.78 is 10.6. The fourth-order valence-corrected chi connectivity index (χ4v) is 3.28. The van der Waals surface area contributed by atoms with Gasteiger partial charge in [0.05, 0.1) is 11.0 Å². The number of nitrogens with zero attached hydrogens (tertiary/aromatic N) is 1. The van der Waals surface area contributed by atoms with Crippen molar-refractivity contribution in [2.75, 3.05) is 0 Å². The second-order valence-electron chi connectivity index (χ2n) is 8.64. The van der Waals surface area contributed by atoms with Crippen LogP contribution in [0.5, 0.6) is 0 Å². The molecule has 3 aliphatic carbocycles. The number of imide groups is 1. The van der Waals surface area contributed by atoms with Crippen LogP contribution in [-0.2, 0) is 14.3 Å². The van der Waals surface area contributed by atoms with E-state index < -0.39 is 40.3 Å². The van der Waals surface area contributed by atoms with Gasteiger partial charge < -0.3 is 14.6 Å². The molecule has 1 N–H and O–H groups in total. The molecule has 7 heteroatoms. The quantitative estimate of drug-likeness (QED) is 0.837. The van der Waals surface area contributed by atoms with Crippen LogP contribution in [0.15, 0.2) is 0 Å². The fraction of sp³-hybridized carbons (Fsp3) is 0.812. The normalized spacial score (nSPS) is 29.0. The van der Waals surface area contributed by atoms with Crippen LogP contribution in [0.1, 0.15) is 60.8 Å². The molecule has 2 amide bonds. The van der Waals surface area contributed by atoms with E-state index in [2.05, 4.69) is 0 Å². The second-order valence-corrected chi connectivity index (χ2v) is 8.64. The van der Waals surface area contributed by atoms with E-state index in [-0.39, 0.29) is 19.3 Å². The van der Waals surface area contributed by atoms with E-state index >= 15 is 0 Å². The minimum absolute atomic E-state index is 0.258. The van der Waals surface area contributed by atoms with E-state index in [4.69, 9.17) is 9.47 Å². The average molecular weight is 327 g/mol. The highest BCUT2D eigenvalue weighted by molar-refractivity contribution is 5.92. The third-order valence-electron chi connectivity index (χ3n) is 4.08. The highest BCUT2D eigenvalue weighted by Crippen LogP contribution is 2.70. The molecule has 0 heterocycles. The number of carbonyl (C=O) groups excluding carboxylic acids is 2. The van der Waals surface area contributed by atoms with Gasteiger partial charge in [0.1, 0.15) is 11.2 Å². The van der Waals surface area contributed by atoms with E-state index in [1.165, 1.54) is 0 Å². The minimum atomic E-state index is -0.882. The molecule has 0 aromatic carbocycles. The molecule has 2 bridgehead atoms. The smallest absolute Gasteiger partial charge is 0.420 e. The molecule has 0 spiro atoms. The second kappa shape index (κ2) is 4.85. The lowest BCUT2D eigenvalue weighted by Crippen LogP contribution is -2.78. The molecule has 0 unspecified atom stereocenters. The summed E-state index contributed by atoms with van der Waals surface area (Å²) in [6, 6.07) is 0. The Morgan fingerprint density at radius 1 is 0.870 bits per heavy atom. The highest BCUT2D eigenvalue weighted by atomic mass is 16.6. The zero-order valence-electron chi connectivity index (χ0n) is 14.6. The van der Waals surface area contributed by atoms with Crippen LogP contribution in [0.3, 0.4) is 0 Å². The first kappa shape index (κ1) is 17.6. The van der Waals surface area contributed by atoms with Crippen molar-refractivity contribution in [2.45, 2.75) is 77.5 Å². The molecule has 3 saturated carbocycles. The maximum absolute atomic E-state index is 12.5. The molecule has 0 saturated heterocycles. The number of carboxylic acids is 1. The SMILES string of the molecule is CC(C)(C)OC(=O)N(C(=O)OC(C)(C)C)C12CC(C(=O)O)(C1)C2. The summed E-state index contributed by atoms with van der Waals surface area (Å²) in [6.07, 6.45) is -0.800. The number of hydrogen-bond acceptors (Lipinski definition) is 5. The number of ether oxygens (including phenoxy) is 2. The Hall–Kier alpha value is -1.79. The van der Waals surface area contributed by atoms with Crippen molar-refractivity contribution in [3.05, 3.63) is 0 Å². The molecular formula is C16H25NO6. The van der Waals surface area contributed by atoms with Gasteiger partial charge in [0, 0.05) is 0 Å². The Kier molecular flexibility index (Phi) is 3.70. The molecule has 3 rings (SSSR count). The maximum atomic E-state index is 12.5. The predicted molar refractivity (Wildman–Crippen MR) is 81.0 cm³/mol. The number of amides is 2. The van der Waals surface area contributed by atoms with Crippen molar-refractivity contribution < 1.29 is 29.0 Å². The Balaban J connectivity index is 2.19. The molecule has 3 aliphatic rings. The van der Waals surface area contributed by atoms with E-state index in [0.29, 0.717) is 0 Å². The monoisotopic (exact) mass is 327 g/mol. The zero-order chi connectivity index (χ0) is 17.8. The summed E-state index contributed by atoms with van der Waals surface area (Å²) in [6.45, 7) is 10.2. The van der Waals surface area contributed by atoms with Gasteiger partial charge in [0.2, 0.25) is 0 Å². The maximum Gasteiger partial charge on any atom is 0.420 e. The number of carbonyl (C=O) groups is 3. The third kappa shape index (κ3) is 3.14. The first-order valence-corrected chi connectivity index (χ1v) is 7.69. The van der Waals surface area contributed by atoms with E-state index in [0.717, 1.165) is 4.90 Å². The molecule has 0 atom stereocenters. The Bertz CT molecular complexity index is 506. The number of aliphatic carboxylic acids is 1. The van der Waals surface area contributed by atoms with Crippen LogP contribution in [-0.4, -0.2) is 44.9 Å². The van der Waals surface area contributed by atoms with Gasteiger partial charge in [-0.25, -0.2) is 14.5 Å². The van der Waals surface area contributed by atoms with Crippen molar-refractivity contribution in [3.8, 4) is 0 Å². The van der Waals surface area contributed by atoms with Crippen LogP contribution < -0.4 is 0 Å². The van der Waals surface area contributed by atoms with Gasteiger partial charge in [-0.1, -0.05) is 0 Å². The van der Waals surface area contributed by atoms with Crippen LogP contribution in [0.4, 0.5) is 9.59 Å². The summed E-state index contributed by atoms with van der Waals surface area (Å²) in [5.41, 5.74) is -3.11.